The van der Waals surface area contributed by atoms with Crippen LogP contribution in [-0.4, -0.2) is 41.7 Å². The van der Waals surface area contributed by atoms with Crippen LogP contribution < -0.4 is 0 Å². The molecule has 1 saturated heterocycles. The van der Waals surface area contributed by atoms with Crippen molar-refractivity contribution in [3.05, 3.63) is 0 Å². The molecule has 1 aliphatic rings. The first-order valence-corrected chi connectivity index (χ1v) is 7.31. The second kappa shape index (κ2) is 4.24. The van der Waals surface area contributed by atoms with Gasteiger partial charge >= 0.3 is 5.97 Å². The first-order valence-electron chi connectivity index (χ1n) is 5.60. The highest BCUT2D eigenvalue weighted by Gasteiger charge is 2.51. The van der Waals surface area contributed by atoms with E-state index in [1.54, 1.807) is 13.8 Å². The summed E-state index contributed by atoms with van der Waals surface area (Å²) >= 11 is 0. The zero-order chi connectivity index (χ0) is 13.5. The molecular formula is C11H20O5S. The van der Waals surface area contributed by atoms with Crippen molar-refractivity contribution < 1.29 is 23.1 Å². The molecule has 0 aliphatic carbocycles. The lowest BCUT2D eigenvalue weighted by Gasteiger charge is -2.26. The first kappa shape index (κ1) is 14.4. The number of aliphatic carboxylic acids is 1. The quantitative estimate of drug-likeness (QED) is 0.825. The lowest BCUT2D eigenvalue weighted by atomic mass is 10.0. The predicted octanol–water partition coefficient (Wildman–Crippen LogP) is 1.22. The molecule has 6 heteroatoms. The van der Waals surface area contributed by atoms with Gasteiger partial charge in [-0.15, -0.1) is 0 Å². The summed E-state index contributed by atoms with van der Waals surface area (Å²) in [6, 6.07) is 0. The Kier molecular flexibility index (Phi) is 3.60. The van der Waals surface area contributed by atoms with Gasteiger partial charge in [0.2, 0.25) is 0 Å². The maximum Gasteiger partial charge on any atom is 0.304 e. The minimum absolute atomic E-state index is 0.324. The number of rotatable bonds is 4. The third-order valence-corrected chi connectivity index (χ3v) is 5.40. The average Bonchev–Trinajstić information content (AvgIpc) is 2.31. The fraction of sp³-hybridized carbons (Fsp3) is 0.909. The Hall–Kier alpha value is -0.620. The van der Waals surface area contributed by atoms with E-state index in [1.165, 1.54) is 0 Å². The van der Waals surface area contributed by atoms with Crippen molar-refractivity contribution in [2.24, 2.45) is 0 Å². The molecule has 0 amide bonds. The molecule has 1 heterocycles. The second-order valence-corrected chi connectivity index (χ2v) is 7.97. The van der Waals surface area contributed by atoms with E-state index >= 15 is 0 Å². The average molecular weight is 264 g/mol. The van der Waals surface area contributed by atoms with E-state index in [9.17, 15) is 13.2 Å². The minimum Gasteiger partial charge on any atom is -0.481 e. The van der Waals surface area contributed by atoms with Crippen LogP contribution in [-0.2, 0) is 19.4 Å². The summed E-state index contributed by atoms with van der Waals surface area (Å²) in [7, 11) is -3.44. The van der Waals surface area contributed by atoms with Gasteiger partial charge in [0.25, 0.3) is 0 Å². The Morgan fingerprint density at radius 1 is 1.35 bits per heavy atom. The van der Waals surface area contributed by atoms with Crippen molar-refractivity contribution >= 4 is 15.8 Å². The van der Waals surface area contributed by atoms with E-state index in [1.807, 2.05) is 13.8 Å². The number of sulfone groups is 1. The summed E-state index contributed by atoms with van der Waals surface area (Å²) in [5.74, 6) is -1.42. The van der Waals surface area contributed by atoms with E-state index in [4.69, 9.17) is 9.84 Å². The van der Waals surface area contributed by atoms with Crippen molar-refractivity contribution in [2.75, 3.05) is 5.75 Å². The summed E-state index contributed by atoms with van der Waals surface area (Å²) < 4.78 is 29.9. The number of hydrogen-bond acceptors (Lipinski definition) is 4. The molecule has 0 saturated carbocycles. The van der Waals surface area contributed by atoms with Gasteiger partial charge in [0, 0.05) is 0 Å². The number of ether oxygens (including phenoxy) is 1. The Labute approximate surface area is 102 Å². The third kappa shape index (κ3) is 3.42. The number of carbonyl (C=O) groups is 1. The number of hydrogen-bond donors (Lipinski definition) is 1. The third-order valence-electron chi connectivity index (χ3n) is 3.03. The lowest BCUT2D eigenvalue weighted by molar-refractivity contribution is -0.136. The summed E-state index contributed by atoms with van der Waals surface area (Å²) in [6.45, 7) is 7.18. The van der Waals surface area contributed by atoms with E-state index in [2.05, 4.69) is 0 Å². The molecule has 1 N–H and O–H groups in total. The van der Waals surface area contributed by atoms with Crippen LogP contribution in [0.1, 0.15) is 40.5 Å². The van der Waals surface area contributed by atoms with Gasteiger partial charge in [-0.1, -0.05) is 0 Å². The van der Waals surface area contributed by atoms with Crippen molar-refractivity contribution in [1.82, 2.24) is 0 Å². The monoisotopic (exact) mass is 264 g/mol. The normalized spacial score (nSPS) is 26.9. The molecule has 1 fully saturated rings. The van der Waals surface area contributed by atoms with Crippen LogP contribution >= 0.6 is 0 Å². The fourth-order valence-electron chi connectivity index (χ4n) is 2.44. The summed E-state index contributed by atoms with van der Waals surface area (Å²) in [5, 5.41) is 7.92. The van der Waals surface area contributed by atoms with Crippen LogP contribution in [0.3, 0.4) is 0 Å². The standard InChI is InChI=1S/C11H20O5S/c1-10(2)7-8(11(3,4)16-10)17(14,15)6-5-9(12)13/h8H,5-7H2,1-4H3,(H,12,13). The Morgan fingerprint density at radius 2 is 1.88 bits per heavy atom. The molecule has 0 spiro atoms. The van der Waals surface area contributed by atoms with Crippen molar-refractivity contribution in [3.8, 4) is 0 Å². The maximum atomic E-state index is 12.1. The molecule has 0 radical (unpaired) electrons. The highest BCUT2D eigenvalue weighted by atomic mass is 32.2. The summed E-state index contributed by atoms with van der Waals surface area (Å²) in [5.41, 5.74) is -1.24. The molecule has 1 aliphatic heterocycles. The van der Waals surface area contributed by atoms with Crippen molar-refractivity contribution in [2.45, 2.75) is 57.0 Å². The molecule has 0 aromatic carbocycles. The minimum atomic E-state index is -3.44. The molecule has 1 unspecified atom stereocenters. The van der Waals surface area contributed by atoms with Crippen molar-refractivity contribution in [1.29, 1.82) is 0 Å². The zero-order valence-electron chi connectivity index (χ0n) is 10.7. The topological polar surface area (TPSA) is 80.7 Å². The smallest absolute Gasteiger partial charge is 0.304 e. The summed E-state index contributed by atoms with van der Waals surface area (Å²) in [4.78, 5) is 10.5. The fourth-order valence-corrected chi connectivity index (χ4v) is 4.75. The van der Waals surface area contributed by atoms with Gasteiger partial charge in [-0.2, -0.15) is 0 Å². The molecule has 100 valence electrons. The van der Waals surface area contributed by atoms with Gasteiger partial charge in [-0.3, -0.25) is 4.79 Å². The van der Waals surface area contributed by atoms with Gasteiger partial charge in [0.05, 0.1) is 28.6 Å². The molecule has 1 atom stereocenters. The van der Waals surface area contributed by atoms with E-state index < -0.39 is 32.3 Å². The van der Waals surface area contributed by atoms with Crippen LogP contribution in [0.25, 0.3) is 0 Å². The molecule has 17 heavy (non-hydrogen) atoms. The Bertz CT molecular complexity index is 408. The van der Waals surface area contributed by atoms with Gasteiger partial charge in [-0.25, -0.2) is 8.42 Å². The first-order chi connectivity index (χ1) is 7.46. The van der Waals surface area contributed by atoms with Gasteiger partial charge < -0.3 is 9.84 Å². The molecule has 0 aromatic heterocycles. The molecule has 1 rings (SSSR count). The van der Waals surface area contributed by atoms with Crippen LogP contribution in [0, 0.1) is 0 Å². The van der Waals surface area contributed by atoms with E-state index in [0.29, 0.717) is 6.42 Å². The highest BCUT2D eigenvalue weighted by Crippen LogP contribution is 2.41. The number of carboxylic acid groups (broad SMARTS) is 1. The van der Waals surface area contributed by atoms with E-state index in [0.717, 1.165) is 0 Å². The van der Waals surface area contributed by atoms with Crippen LogP contribution in [0.4, 0.5) is 0 Å². The van der Waals surface area contributed by atoms with Gasteiger partial charge in [-0.05, 0) is 34.1 Å². The Morgan fingerprint density at radius 3 is 2.24 bits per heavy atom. The van der Waals surface area contributed by atoms with Crippen LogP contribution in [0.2, 0.25) is 0 Å². The maximum absolute atomic E-state index is 12.1. The number of carboxylic acids is 1. The predicted molar refractivity (Wildman–Crippen MR) is 63.7 cm³/mol. The van der Waals surface area contributed by atoms with Gasteiger partial charge in [0.1, 0.15) is 0 Å². The van der Waals surface area contributed by atoms with Crippen LogP contribution in [0.15, 0.2) is 0 Å². The van der Waals surface area contributed by atoms with Crippen LogP contribution in [0.5, 0.6) is 0 Å². The molecule has 0 aromatic rings. The highest BCUT2D eigenvalue weighted by molar-refractivity contribution is 7.92. The van der Waals surface area contributed by atoms with Crippen molar-refractivity contribution in [3.63, 3.8) is 0 Å². The zero-order valence-corrected chi connectivity index (χ0v) is 11.5. The largest absolute Gasteiger partial charge is 0.481 e. The Balaban J connectivity index is 2.89. The SMILES string of the molecule is CC1(C)CC(S(=O)(=O)CCC(=O)O)C(C)(C)O1. The molecular weight excluding hydrogens is 244 g/mol. The summed E-state index contributed by atoms with van der Waals surface area (Å²) in [6.07, 6.45) is 0.0529. The van der Waals surface area contributed by atoms with Gasteiger partial charge in [0.15, 0.2) is 9.84 Å². The molecule has 5 nitrogen and oxygen atoms in total. The molecule has 0 bridgehead atoms. The van der Waals surface area contributed by atoms with E-state index in [-0.39, 0.29) is 12.2 Å². The second-order valence-electron chi connectivity index (χ2n) is 5.67. The lowest BCUT2D eigenvalue weighted by Crippen LogP contribution is -2.40.